The van der Waals surface area contributed by atoms with Crippen LogP contribution in [-0.2, 0) is 6.42 Å². The van der Waals surface area contributed by atoms with Gasteiger partial charge in [-0.15, -0.1) is 0 Å². The maximum absolute atomic E-state index is 9.70. The van der Waals surface area contributed by atoms with Crippen LogP contribution in [0.1, 0.15) is 18.4 Å². The predicted octanol–water partition coefficient (Wildman–Crippen LogP) is 5.77. The first-order valence-electron chi connectivity index (χ1n) is 8.37. The van der Waals surface area contributed by atoms with Crippen molar-refractivity contribution >= 4 is 50.4 Å². The van der Waals surface area contributed by atoms with Crippen LogP contribution in [0.3, 0.4) is 0 Å². The van der Waals surface area contributed by atoms with Crippen molar-refractivity contribution in [1.29, 1.82) is 0 Å². The van der Waals surface area contributed by atoms with E-state index in [1.807, 2.05) is 24.3 Å². The lowest BCUT2D eigenvalue weighted by Crippen LogP contribution is -2.34. The molecular formula is C19H18Cl2N2OS. The molecule has 3 nitrogen and oxygen atoms in total. The number of benzene rings is 2. The molecule has 3 aromatic rings. The minimum Gasteiger partial charge on any atom is -0.486 e. The third kappa shape index (κ3) is 3.71. The standard InChI is InChI=1S/C19H18Cl2N2OS/c20-14-9-13(10-15(21)11-14)8-12-4-6-23(7-5-12)16-2-1-3-17-18(16)22-19(24)25-17/h1-3,9-12H,4-8H2,(H,22,24). The summed E-state index contributed by atoms with van der Waals surface area (Å²) in [7, 11) is 0. The molecule has 2 heterocycles. The second-order valence-electron chi connectivity index (χ2n) is 6.53. The lowest BCUT2D eigenvalue weighted by atomic mass is 9.90. The highest BCUT2D eigenvalue weighted by Gasteiger charge is 2.22. The topological polar surface area (TPSA) is 36.4 Å². The Kier molecular flexibility index (Phi) is 4.76. The Morgan fingerprint density at radius 2 is 1.84 bits per heavy atom. The van der Waals surface area contributed by atoms with Gasteiger partial charge in [-0.2, -0.15) is 0 Å². The van der Waals surface area contributed by atoms with Crippen molar-refractivity contribution in [3.8, 4) is 5.19 Å². The second-order valence-corrected chi connectivity index (χ2v) is 8.41. The Balaban J connectivity index is 1.46. The normalized spacial score (nSPS) is 15.8. The van der Waals surface area contributed by atoms with Gasteiger partial charge >= 0.3 is 0 Å². The smallest absolute Gasteiger partial charge is 0.271 e. The van der Waals surface area contributed by atoms with Crippen molar-refractivity contribution in [2.45, 2.75) is 19.3 Å². The molecule has 0 atom stereocenters. The van der Waals surface area contributed by atoms with Crippen molar-refractivity contribution in [2.75, 3.05) is 18.0 Å². The van der Waals surface area contributed by atoms with E-state index in [4.69, 9.17) is 23.2 Å². The van der Waals surface area contributed by atoms with Gasteiger partial charge < -0.3 is 10.0 Å². The molecule has 1 N–H and O–H groups in total. The molecule has 1 aliphatic heterocycles. The number of nitrogens with zero attached hydrogens (tertiary/aromatic N) is 2. The molecule has 2 aromatic carbocycles. The number of para-hydroxylation sites is 1. The largest absolute Gasteiger partial charge is 0.486 e. The van der Waals surface area contributed by atoms with Crippen LogP contribution in [-0.4, -0.2) is 23.2 Å². The molecule has 25 heavy (non-hydrogen) atoms. The third-order valence-electron chi connectivity index (χ3n) is 4.79. The van der Waals surface area contributed by atoms with Gasteiger partial charge in [-0.25, -0.2) is 4.98 Å². The molecule has 0 aliphatic carbocycles. The van der Waals surface area contributed by atoms with E-state index in [2.05, 4.69) is 16.0 Å². The zero-order valence-corrected chi connectivity index (χ0v) is 15.9. The highest BCUT2D eigenvalue weighted by atomic mass is 35.5. The molecule has 130 valence electrons. The zero-order chi connectivity index (χ0) is 17.4. The van der Waals surface area contributed by atoms with Crippen molar-refractivity contribution in [3.05, 3.63) is 52.0 Å². The number of hydrogen-bond acceptors (Lipinski definition) is 4. The molecular weight excluding hydrogens is 375 g/mol. The highest BCUT2D eigenvalue weighted by molar-refractivity contribution is 7.20. The summed E-state index contributed by atoms with van der Waals surface area (Å²) in [4.78, 5) is 6.68. The van der Waals surface area contributed by atoms with Gasteiger partial charge in [0.2, 0.25) is 0 Å². The van der Waals surface area contributed by atoms with Crippen LogP contribution in [0, 0.1) is 5.92 Å². The molecule has 4 rings (SSSR count). The summed E-state index contributed by atoms with van der Waals surface area (Å²) < 4.78 is 1.03. The first-order chi connectivity index (χ1) is 12.1. The average Bonchev–Trinajstić information content (AvgIpc) is 2.95. The second kappa shape index (κ2) is 7.02. The molecule has 1 aromatic heterocycles. The van der Waals surface area contributed by atoms with E-state index in [-0.39, 0.29) is 5.19 Å². The number of aromatic hydroxyl groups is 1. The van der Waals surface area contributed by atoms with E-state index in [9.17, 15) is 5.11 Å². The minimum absolute atomic E-state index is 0.134. The minimum atomic E-state index is 0.134. The molecule has 1 fully saturated rings. The van der Waals surface area contributed by atoms with Gasteiger partial charge in [0.15, 0.2) is 0 Å². The fourth-order valence-electron chi connectivity index (χ4n) is 3.62. The van der Waals surface area contributed by atoms with Crippen LogP contribution >= 0.6 is 34.5 Å². The molecule has 1 saturated heterocycles. The molecule has 0 radical (unpaired) electrons. The molecule has 0 unspecified atom stereocenters. The number of piperidine rings is 1. The maximum atomic E-state index is 9.70. The van der Waals surface area contributed by atoms with E-state index in [0.717, 1.165) is 48.3 Å². The summed E-state index contributed by atoms with van der Waals surface area (Å²) >= 11 is 13.5. The summed E-state index contributed by atoms with van der Waals surface area (Å²) in [6.07, 6.45) is 3.25. The number of anilines is 1. The number of rotatable bonds is 3. The van der Waals surface area contributed by atoms with E-state index in [1.165, 1.54) is 16.9 Å². The molecule has 0 bridgehead atoms. The van der Waals surface area contributed by atoms with Crippen LogP contribution in [0.15, 0.2) is 36.4 Å². The van der Waals surface area contributed by atoms with Crippen LogP contribution in [0.5, 0.6) is 5.19 Å². The van der Waals surface area contributed by atoms with E-state index in [0.29, 0.717) is 16.0 Å². The molecule has 1 aliphatic rings. The number of aromatic nitrogens is 1. The number of hydrogen-bond donors (Lipinski definition) is 1. The Labute approximate surface area is 160 Å². The number of fused-ring (bicyclic) bond motifs is 1. The van der Waals surface area contributed by atoms with Crippen molar-refractivity contribution in [1.82, 2.24) is 4.98 Å². The molecule has 0 saturated carbocycles. The average molecular weight is 393 g/mol. The van der Waals surface area contributed by atoms with Gasteiger partial charge in [-0.05, 0) is 61.1 Å². The maximum Gasteiger partial charge on any atom is 0.271 e. The van der Waals surface area contributed by atoms with Gasteiger partial charge in [0.25, 0.3) is 5.19 Å². The monoisotopic (exact) mass is 392 g/mol. The quantitative estimate of drug-likeness (QED) is 0.614. The van der Waals surface area contributed by atoms with Crippen molar-refractivity contribution in [3.63, 3.8) is 0 Å². The Bertz CT molecular complexity index is 883. The van der Waals surface area contributed by atoms with Gasteiger partial charge in [0.1, 0.15) is 5.52 Å². The molecule has 0 spiro atoms. The van der Waals surface area contributed by atoms with E-state index >= 15 is 0 Å². The van der Waals surface area contributed by atoms with E-state index in [1.54, 1.807) is 6.07 Å². The first kappa shape index (κ1) is 17.0. The van der Waals surface area contributed by atoms with Crippen LogP contribution < -0.4 is 4.90 Å². The van der Waals surface area contributed by atoms with Crippen molar-refractivity contribution < 1.29 is 5.11 Å². The van der Waals surface area contributed by atoms with Crippen LogP contribution in [0.2, 0.25) is 10.0 Å². The molecule has 0 amide bonds. The first-order valence-corrected chi connectivity index (χ1v) is 9.94. The van der Waals surface area contributed by atoms with Crippen LogP contribution in [0.4, 0.5) is 5.69 Å². The number of thiazole rings is 1. The highest BCUT2D eigenvalue weighted by Crippen LogP contribution is 2.35. The summed E-state index contributed by atoms with van der Waals surface area (Å²) in [5, 5.41) is 11.2. The SMILES string of the molecule is Oc1nc2c(N3CCC(Cc4cc(Cl)cc(Cl)c4)CC3)cccc2s1. The fraction of sp³-hybridized carbons (Fsp3) is 0.316. The lowest BCUT2D eigenvalue weighted by Gasteiger charge is -2.33. The summed E-state index contributed by atoms with van der Waals surface area (Å²) in [5.74, 6) is 0.633. The zero-order valence-electron chi connectivity index (χ0n) is 13.6. The van der Waals surface area contributed by atoms with Gasteiger partial charge in [0.05, 0.1) is 10.4 Å². The van der Waals surface area contributed by atoms with E-state index < -0.39 is 0 Å². The Morgan fingerprint density at radius 3 is 2.56 bits per heavy atom. The lowest BCUT2D eigenvalue weighted by molar-refractivity contribution is 0.404. The van der Waals surface area contributed by atoms with Gasteiger partial charge in [-0.1, -0.05) is 40.6 Å². The predicted molar refractivity (Wildman–Crippen MR) is 106 cm³/mol. The fourth-order valence-corrected chi connectivity index (χ4v) is 4.92. The Hall–Kier alpha value is -1.49. The van der Waals surface area contributed by atoms with Gasteiger partial charge in [0, 0.05) is 23.1 Å². The number of halogens is 2. The summed E-state index contributed by atoms with van der Waals surface area (Å²) in [6.45, 7) is 1.99. The van der Waals surface area contributed by atoms with Gasteiger partial charge in [-0.3, -0.25) is 0 Å². The van der Waals surface area contributed by atoms with Crippen molar-refractivity contribution in [2.24, 2.45) is 5.92 Å². The summed E-state index contributed by atoms with van der Waals surface area (Å²) in [5.41, 5.74) is 3.24. The summed E-state index contributed by atoms with van der Waals surface area (Å²) in [6, 6.07) is 11.9. The molecule has 6 heteroatoms. The van der Waals surface area contributed by atoms with Crippen LogP contribution in [0.25, 0.3) is 10.2 Å². The third-order valence-corrected chi connectivity index (χ3v) is 6.05. The Morgan fingerprint density at radius 1 is 1.12 bits per heavy atom.